The number of amides is 1. The van der Waals surface area contributed by atoms with Gasteiger partial charge in [0.2, 0.25) is 5.91 Å². The molecule has 0 radical (unpaired) electrons. The number of rotatable bonds is 7. The van der Waals surface area contributed by atoms with Gasteiger partial charge in [-0.15, -0.1) is 21.5 Å². The van der Waals surface area contributed by atoms with Gasteiger partial charge in [0, 0.05) is 22.9 Å². The van der Waals surface area contributed by atoms with E-state index in [4.69, 9.17) is 4.74 Å². The number of thioether (sulfide) groups is 1. The average Bonchev–Trinajstić information content (AvgIpc) is 3.27. The van der Waals surface area contributed by atoms with E-state index in [2.05, 4.69) is 40.8 Å². The van der Waals surface area contributed by atoms with Crippen LogP contribution in [0.4, 0.5) is 5.69 Å². The molecular weight excluding hydrogens is 380 g/mol. The highest BCUT2D eigenvalue weighted by atomic mass is 32.2. The van der Waals surface area contributed by atoms with Crippen molar-refractivity contribution >= 4 is 34.7 Å². The number of carbonyl (C=O) groups excluding carboxylic acids is 1. The van der Waals surface area contributed by atoms with Gasteiger partial charge in [-0.25, -0.2) is 0 Å². The van der Waals surface area contributed by atoms with Gasteiger partial charge in [-0.1, -0.05) is 37.7 Å². The number of para-hydroxylation sites is 2. The van der Waals surface area contributed by atoms with E-state index >= 15 is 0 Å². The van der Waals surface area contributed by atoms with Gasteiger partial charge < -0.3 is 14.6 Å². The highest BCUT2D eigenvalue weighted by Crippen LogP contribution is 2.30. The SMILES string of the molecule is COc1ccccc1NC(=O)CSc1nnc(-c2csc(C(C)C)c2)n1C. The molecule has 2 aromatic heterocycles. The van der Waals surface area contributed by atoms with Crippen molar-refractivity contribution in [1.82, 2.24) is 14.8 Å². The Labute approximate surface area is 167 Å². The van der Waals surface area contributed by atoms with Crippen molar-refractivity contribution in [1.29, 1.82) is 0 Å². The normalized spacial score (nSPS) is 11.0. The second-order valence-corrected chi connectivity index (χ2v) is 8.18. The molecule has 0 bridgehead atoms. The molecule has 1 aromatic carbocycles. The topological polar surface area (TPSA) is 69.0 Å². The molecule has 2 heterocycles. The fourth-order valence-corrected chi connectivity index (χ4v) is 4.14. The van der Waals surface area contributed by atoms with E-state index in [1.165, 1.54) is 16.6 Å². The third kappa shape index (κ3) is 4.51. The molecule has 0 aliphatic rings. The Kier molecular flexibility index (Phi) is 6.18. The summed E-state index contributed by atoms with van der Waals surface area (Å²) in [6, 6.07) is 9.49. The van der Waals surface area contributed by atoms with Crippen LogP contribution in [0.15, 0.2) is 40.9 Å². The van der Waals surface area contributed by atoms with Gasteiger partial charge in [0.15, 0.2) is 11.0 Å². The number of hydrogen-bond acceptors (Lipinski definition) is 6. The summed E-state index contributed by atoms with van der Waals surface area (Å²) in [6.45, 7) is 4.35. The molecule has 1 amide bonds. The van der Waals surface area contributed by atoms with Gasteiger partial charge in [-0.2, -0.15) is 0 Å². The predicted molar refractivity (Wildman–Crippen MR) is 111 cm³/mol. The maximum absolute atomic E-state index is 12.3. The first-order chi connectivity index (χ1) is 13.0. The molecule has 0 saturated carbocycles. The van der Waals surface area contributed by atoms with Crippen LogP contribution in [-0.4, -0.2) is 33.5 Å². The second-order valence-electron chi connectivity index (χ2n) is 6.29. The lowest BCUT2D eigenvalue weighted by Crippen LogP contribution is -2.15. The van der Waals surface area contributed by atoms with Gasteiger partial charge in [-0.3, -0.25) is 4.79 Å². The lowest BCUT2D eigenvalue weighted by Gasteiger charge is -2.09. The molecule has 3 aromatic rings. The van der Waals surface area contributed by atoms with E-state index in [9.17, 15) is 4.79 Å². The summed E-state index contributed by atoms with van der Waals surface area (Å²) < 4.78 is 7.18. The minimum Gasteiger partial charge on any atom is -0.495 e. The fourth-order valence-electron chi connectivity index (χ4n) is 2.53. The smallest absolute Gasteiger partial charge is 0.234 e. The Morgan fingerprint density at radius 2 is 2.11 bits per heavy atom. The predicted octanol–water partition coefficient (Wildman–Crippen LogP) is 4.41. The van der Waals surface area contributed by atoms with Crippen molar-refractivity contribution < 1.29 is 9.53 Å². The molecule has 3 rings (SSSR count). The zero-order valence-electron chi connectivity index (χ0n) is 15.7. The number of thiophene rings is 1. The number of hydrogen-bond donors (Lipinski definition) is 1. The van der Waals surface area contributed by atoms with Crippen molar-refractivity contribution in [3.63, 3.8) is 0 Å². The van der Waals surface area contributed by atoms with Gasteiger partial charge >= 0.3 is 0 Å². The zero-order chi connectivity index (χ0) is 19.4. The summed E-state index contributed by atoms with van der Waals surface area (Å²) in [5.41, 5.74) is 1.72. The first kappa shape index (κ1) is 19.4. The van der Waals surface area contributed by atoms with Gasteiger partial charge in [0.05, 0.1) is 18.6 Å². The number of methoxy groups -OCH3 is 1. The third-order valence-electron chi connectivity index (χ3n) is 4.00. The molecule has 142 valence electrons. The van der Waals surface area contributed by atoms with E-state index in [1.54, 1.807) is 18.4 Å². The standard InChI is InChI=1S/C19H22N4O2S2/c1-12(2)16-9-13(10-26-16)18-21-22-19(23(18)3)27-11-17(24)20-14-7-5-6-8-15(14)25-4/h5-10,12H,11H2,1-4H3,(H,20,24). The minimum atomic E-state index is -0.119. The largest absolute Gasteiger partial charge is 0.495 e. The van der Waals surface area contributed by atoms with Crippen molar-refractivity contribution in [3.05, 3.63) is 40.6 Å². The molecular formula is C19H22N4O2S2. The molecule has 0 aliphatic carbocycles. The lowest BCUT2D eigenvalue weighted by molar-refractivity contribution is -0.113. The van der Waals surface area contributed by atoms with Crippen molar-refractivity contribution in [2.75, 3.05) is 18.2 Å². The van der Waals surface area contributed by atoms with Crippen LogP contribution in [0.3, 0.4) is 0 Å². The van der Waals surface area contributed by atoms with Crippen LogP contribution in [0.2, 0.25) is 0 Å². The van der Waals surface area contributed by atoms with Crippen LogP contribution < -0.4 is 10.1 Å². The maximum atomic E-state index is 12.3. The van der Waals surface area contributed by atoms with Crippen LogP contribution in [0.1, 0.15) is 24.6 Å². The Balaban J connectivity index is 1.64. The Bertz CT molecular complexity index is 933. The molecule has 6 nitrogen and oxygen atoms in total. The van der Waals surface area contributed by atoms with Gasteiger partial charge in [0.1, 0.15) is 5.75 Å². The summed E-state index contributed by atoms with van der Waals surface area (Å²) in [5.74, 6) is 2.06. The summed E-state index contributed by atoms with van der Waals surface area (Å²) in [6.07, 6.45) is 0. The lowest BCUT2D eigenvalue weighted by atomic mass is 10.1. The van der Waals surface area contributed by atoms with Crippen molar-refractivity contribution in [2.24, 2.45) is 7.05 Å². The van der Waals surface area contributed by atoms with Crippen LogP contribution in [0.5, 0.6) is 5.75 Å². The van der Waals surface area contributed by atoms with E-state index < -0.39 is 0 Å². The van der Waals surface area contributed by atoms with Crippen molar-refractivity contribution in [2.45, 2.75) is 24.9 Å². The number of nitrogens with zero attached hydrogens (tertiary/aromatic N) is 3. The molecule has 0 atom stereocenters. The highest BCUT2D eigenvalue weighted by Gasteiger charge is 2.15. The molecule has 0 unspecified atom stereocenters. The molecule has 0 fully saturated rings. The summed E-state index contributed by atoms with van der Waals surface area (Å²) in [7, 11) is 3.50. The molecule has 8 heteroatoms. The van der Waals surface area contributed by atoms with Crippen molar-refractivity contribution in [3.8, 4) is 17.1 Å². The first-order valence-electron chi connectivity index (χ1n) is 8.53. The molecule has 27 heavy (non-hydrogen) atoms. The van der Waals surface area contributed by atoms with Crippen LogP contribution in [0, 0.1) is 0 Å². The highest BCUT2D eigenvalue weighted by molar-refractivity contribution is 7.99. The fraction of sp³-hybridized carbons (Fsp3) is 0.316. The molecule has 0 aliphatic heterocycles. The van der Waals surface area contributed by atoms with E-state index in [1.807, 2.05) is 35.9 Å². The quantitative estimate of drug-likeness (QED) is 0.593. The number of anilines is 1. The second kappa shape index (κ2) is 8.58. The summed E-state index contributed by atoms with van der Waals surface area (Å²) in [4.78, 5) is 13.6. The van der Waals surface area contributed by atoms with E-state index in [0.29, 0.717) is 22.5 Å². The van der Waals surface area contributed by atoms with Gasteiger partial charge in [-0.05, 0) is 24.1 Å². The zero-order valence-corrected chi connectivity index (χ0v) is 17.4. The van der Waals surface area contributed by atoms with Crippen LogP contribution in [0.25, 0.3) is 11.4 Å². The number of benzene rings is 1. The number of aromatic nitrogens is 3. The minimum absolute atomic E-state index is 0.119. The molecule has 0 spiro atoms. The number of nitrogens with one attached hydrogen (secondary N) is 1. The Hall–Kier alpha value is -2.32. The van der Waals surface area contributed by atoms with Crippen LogP contribution >= 0.6 is 23.1 Å². The Morgan fingerprint density at radius 1 is 1.33 bits per heavy atom. The summed E-state index contributed by atoms with van der Waals surface area (Å²) in [5, 5.41) is 14.2. The maximum Gasteiger partial charge on any atom is 0.234 e. The van der Waals surface area contributed by atoms with Gasteiger partial charge in [0.25, 0.3) is 0 Å². The monoisotopic (exact) mass is 402 g/mol. The van der Waals surface area contributed by atoms with Crippen LogP contribution in [-0.2, 0) is 11.8 Å². The molecule has 0 saturated heterocycles. The third-order valence-corrected chi connectivity index (χ3v) is 6.25. The average molecular weight is 403 g/mol. The first-order valence-corrected chi connectivity index (χ1v) is 10.4. The summed E-state index contributed by atoms with van der Waals surface area (Å²) >= 11 is 3.09. The Morgan fingerprint density at radius 3 is 2.81 bits per heavy atom. The van der Waals surface area contributed by atoms with E-state index in [-0.39, 0.29) is 11.7 Å². The van der Waals surface area contributed by atoms with E-state index in [0.717, 1.165) is 11.4 Å². The molecule has 1 N–H and O–H groups in total. The number of carbonyl (C=O) groups is 1. The number of ether oxygens (including phenoxy) is 1.